The van der Waals surface area contributed by atoms with E-state index >= 15 is 0 Å². The molecule has 1 fully saturated rings. The first-order valence-electron chi connectivity index (χ1n) is 3.71. The van der Waals surface area contributed by atoms with Crippen molar-refractivity contribution in [2.45, 2.75) is 25.9 Å². The highest BCUT2D eigenvalue weighted by molar-refractivity contribution is 5.47. The van der Waals surface area contributed by atoms with Gasteiger partial charge < -0.3 is 5.32 Å². The maximum Gasteiger partial charge on any atom is 0.310 e. The van der Waals surface area contributed by atoms with Gasteiger partial charge in [0.05, 0.1) is 6.17 Å². The van der Waals surface area contributed by atoms with Gasteiger partial charge in [0.2, 0.25) is 0 Å². The molecule has 1 radical (unpaired) electrons. The van der Waals surface area contributed by atoms with Crippen molar-refractivity contribution in [2.24, 2.45) is 0 Å². The van der Waals surface area contributed by atoms with Gasteiger partial charge in [-0.15, -0.1) is 0 Å². The molecule has 10 heavy (non-hydrogen) atoms. The van der Waals surface area contributed by atoms with E-state index in [0.717, 1.165) is 13.1 Å². The van der Waals surface area contributed by atoms with Crippen molar-refractivity contribution in [3.05, 3.63) is 0 Å². The largest absolute Gasteiger partial charge is 0.333 e. The van der Waals surface area contributed by atoms with Crippen LogP contribution >= 0.6 is 0 Å². The molecule has 1 atom stereocenters. The Labute approximate surface area is 61.4 Å². The molecule has 1 unspecified atom stereocenters. The molecule has 3 nitrogen and oxygen atoms in total. The van der Waals surface area contributed by atoms with Gasteiger partial charge in [-0.25, -0.2) is 0 Å². The van der Waals surface area contributed by atoms with E-state index in [2.05, 4.69) is 10.2 Å². The second-order valence-corrected chi connectivity index (χ2v) is 2.67. The number of hydrogen-bond donors (Lipinski definition) is 1. The molecule has 0 aliphatic carbocycles. The Hall–Kier alpha value is -0.570. The average Bonchev–Trinajstić information content (AvgIpc) is 2.38. The summed E-state index contributed by atoms with van der Waals surface area (Å²) in [7, 11) is 0. The van der Waals surface area contributed by atoms with E-state index in [4.69, 9.17) is 0 Å². The molecule has 1 saturated heterocycles. The molecule has 0 aromatic heterocycles. The second kappa shape index (κ2) is 3.56. The van der Waals surface area contributed by atoms with Crippen molar-refractivity contribution >= 4 is 6.41 Å². The zero-order chi connectivity index (χ0) is 7.40. The number of nitrogens with zero attached hydrogens (tertiary/aromatic N) is 1. The number of rotatable bonds is 3. The predicted octanol–water partition coefficient (Wildman–Crippen LogP) is 0.0850. The molecule has 1 rings (SSSR count). The third kappa shape index (κ3) is 1.70. The van der Waals surface area contributed by atoms with E-state index in [0.29, 0.717) is 0 Å². The van der Waals surface area contributed by atoms with Crippen LogP contribution in [0.5, 0.6) is 0 Å². The van der Waals surface area contributed by atoms with Crippen molar-refractivity contribution in [1.29, 1.82) is 0 Å². The fourth-order valence-corrected chi connectivity index (χ4v) is 1.31. The van der Waals surface area contributed by atoms with Gasteiger partial charge in [-0.2, -0.15) is 0 Å². The summed E-state index contributed by atoms with van der Waals surface area (Å²) in [4.78, 5) is 12.2. The summed E-state index contributed by atoms with van der Waals surface area (Å²) in [5, 5.41) is 2.61. The van der Waals surface area contributed by atoms with Crippen molar-refractivity contribution < 1.29 is 4.79 Å². The highest BCUT2D eigenvalue weighted by Crippen LogP contribution is 2.08. The SMILES string of the molecule is CC(N[C]=O)N1CCCC1. The molecule has 1 N–H and O–H groups in total. The van der Waals surface area contributed by atoms with Crippen LogP contribution in [0.4, 0.5) is 0 Å². The van der Waals surface area contributed by atoms with Crippen molar-refractivity contribution in [1.82, 2.24) is 10.2 Å². The van der Waals surface area contributed by atoms with Gasteiger partial charge in [0, 0.05) is 13.1 Å². The van der Waals surface area contributed by atoms with Gasteiger partial charge in [0.1, 0.15) is 0 Å². The quantitative estimate of drug-likeness (QED) is 0.565. The summed E-state index contributed by atoms with van der Waals surface area (Å²) < 4.78 is 0. The van der Waals surface area contributed by atoms with Crippen LogP contribution in [-0.2, 0) is 4.79 Å². The maximum absolute atomic E-state index is 9.91. The Morgan fingerprint density at radius 1 is 1.50 bits per heavy atom. The Bertz CT molecular complexity index is 110. The summed E-state index contributed by atoms with van der Waals surface area (Å²) in [5.74, 6) is 0. The summed E-state index contributed by atoms with van der Waals surface area (Å²) in [6, 6.07) is 0. The minimum Gasteiger partial charge on any atom is -0.333 e. The Morgan fingerprint density at radius 2 is 2.10 bits per heavy atom. The van der Waals surface area contributed by atoms with E-state index in [1.165, 1.54) is 12.8 Å². The van der Waals surface area contributed by atoms with Crippen LogP contribution in [0.1, 0.15) is 19.8 Å². The van der Waals surface area contributed by atoms with Gasteiger partial charge in [-0.1, -0.05) is 0 Å². The lowest BCUT2D eigenvalue weighted by molar-refractivity contribution is 0.242. The number of nitrogens with one attached hydrogen (secondary N) is 1. The molecular formula is C7H13N2O. The lowest BCUT2D eigenvalue weighted by atomic mass is 10.4. The standard InChI is InChI=1S/C7H13N2O/c1-7(8-6-10)9-4-2-3-5-9/h7H,2-5H2,1H3,(H,8,10). The summed E-state index contributed by atoms with van der Waals surface area (Å²) in [5.41, 5.74) is 0. The molecule has 1 aliphatic rings. The Kier molecular flexibility index (Phi) is 2.68. The van der Waals surface area contributed by atoms with Gasteiger partial charge in [-0.3, -0.25) is 9.69 Å². The monoisotopic (exact) mass is 141 g/mol. The third-order valence-electron chi connectivity index (χ3n) is 1.96. The number of carbonyl (C=O) groups excluding carboxylic acids is 1. The van der Waals surface area contributed by atoms with Crippen LogP contribution in [0.25, 0.3) is 0 Å². The highest BCUT2D eigenvalue weighted by Gasteiger charge is 2.16. The van der Waals surface area contributed by atoms with E-state index in [-0.39, 0.29) is 6.17 Å². The first-order valence-corrected chi connectivity index (χ1v) is 3.71. The molecule has 57 valence electrons. The minimum atomic E-state index is 0.167. The highest BCUT2D eigenvalue weighted by atomic mass is 16.1. The van der Waals surface area contributed by atoms with E-state index < -0.39 is 0 Å². The van der Waals surface area contributed by atoms with E-state index in [1.807, 2.05) is 6.92 Å². The van der Waals surface area contributed by atoms with E-state index in [1.54, 1.807) is 6.41 Å². The second-order valence-electron chi connectivity index (χ2n) is 2.67. The normalized spacial score (nSPS) is 22.5. The number of likely N-dealkylation sites (tertiary alicyclic amines) is 1. The van der Waals surface area contributed by atoms with Crippen LogP contribution in [0.2, 0.25) is 0 Å². The van der Waals surface area contributed by atoms with Crippen LogP contribution in [0.15, 0.2) is 0 Å². The first-order chi connectivity index (χ1) is 4.84. The topological polar surface area (TPSA) is 32.3 Å². The molecule has 1 amide bonds. The average molecular weight is 141 g/mol. The Balaban J connectivity index is 2.24. The summed E-state index contributed by atoms with van der Waals surface area (Å²) in [6.45, 7) is 4.20. The van der Waals surface area contributed by atoms with Crippen molar-refractivity contribution in [2.75, 3.05) is 13.1 Å². The molecule has 1 aliphatic heterocycles. The van der Waals surface area contributed by atoms with Crippen LogP contribution in [-0.4, -0.2) is 30.6 Å². The van der Waals surface area contributed by atoms with Gasteiger partial charge >= 0.3 is 6.41 Å². The molecular weight excluding hydrogens is 128 g/mol. The molecule has 0 aromatic rings. The van der Waals surface area contributed by atoms with Gasteiger partial charge in [0.15, 0.2) is 0 Å². The molecule has 0 aromatic carbocycles. The molecule has 1 heterocycles. The molecule has 3 heteroatoms. The van der Waals surface area contributed by atoms with Crippen LogP contribution < -0.4 is 5.32 Å². The summed E-state index contributed by atoms with van der Waals surface area (Å²) >= 11 is 0. The van der Waals surface area contributed by atoms with Gasteiger partial charge in [-0.05, 0) is 19.8 Å². The van der Waals surface area contributed by atoms with E-state index in [9.17, 15) is 4.79 Å². The Morgan fingerprint density at radius 3 is 2.60 bits per heavy atom. The zero-order valence-corrected chi connectivity index (χ0v) is 6.26. The van der Waals surface area contributed by atoms with Gasteiger partial charge in [0.25, 0.3) is 0 Å². The van der Waals surface area contributed by atoms with Crippen LogP contribution in [0, 0.1) is 0 Å². The maximum atomic E-state index is 9.91. The molecule has 0 saturated carbocycles. The zero-order valence-electron chi connectivity index (χ0n) is 6.26. The molecule has 0 bridgehead atoms. The predicted molar refractivity (Wildman–Crippen MR) is 39.1 cm³/mol. The lowest BCUT2D eigenvalue weighted by Gasteiger charge is -2.21. The van der Waals surface area contributed by atoms with Crippen molar-refractivity contribution in [3.63, 3.8) is 0 Å². The number of hydrogen-bond acceptors (Lipinski definition) is 2. The van der Waals surface area contributed by atoms with Crippen molar-refractivity contribution in [3.8, 4) is 0 Å². The van der Waals surface area contributed by atoms with Crippen LogP contribution in [0.3, 0.4) is 0 Å². The number of amides is 1. The fraction of sp³-hybridized carbons (Fsp3) is 0.857. The third-order valence-corrected chi connectivity index (χ3v) is 1.96. The fourth-order valence-electron chi connectivity index (χ4n) is 1.31. The minimum absolute atomic E-state index is 0.167. The summed E-state index contributed by atoms with van der Waals surface area (Å²) in [6.07, 6.45) is 4.38. The smallest absolute Gasteiger partial charge is 0.310 e. The molecule has 0 spiro atoms. The first kappa shape index (κ1) is 7.54. The lowest BCUT2D eigenvalue weighted by Crippen LogP contribution is -2.40.